The lowest BCUT2D eigenvalue weighted by atomic mass is 10.3. The van der Waals surface area contributed by atoms with Crippen molar-refractivity contribution in [2.45, 2.75) is 25.6 Å². The van der Waals surface area contributed by atoms with Crippen molar-refractivity contribution in [1.82, 2.24) is 4.90 Å². The molecule has 1 heterocycles. The van der Waals surface area contributed by atoms with Crippen molar-refractivity contribution >= 4 is 23.2 Å². The Hall–Kier alpha value is -2.28. The van der Waals surface area contributed by atoms with Gasteiger partial charge < -0.3 is 19.9 Å². The van der Waals surface area contributed by atoms with Gasteiger partial charge in [0.15, 0.2) is 0 Å². The fourth-order valence-electron chi connectivity index (χ4n) is 3.19. The summed E-state index contributed by atoms with van der Waals surface area (Å²) in [5.74, 6) is 1.18. The van der Waals surface area contributed by atoms with Crippen molar-refractivity contribution in [3.8, 4) is 11.5 Å². The molecular weight excluding hydrogens is 380 g/mol. The van der Waals surface area contributed by atoms with Crippen LogP contribution in [0.4, 0.5) is 5.69 Å². The highest BCUT2D eigenvalue weighted by Crippen LogP contribution is 2.24. The summed E-state index contributed by atoms with van der Waals surface area (Å²) in [6, 6.07) is 14.5. The molecule has 2 atom stereocenters. The van der Waals surface area contributed by atoms with Crippen LogP contribution in [0.3, 0.4) is 0 Å². The number of anilines is 1. The Kier molecular flexibility index (Phi) is 7.14. The smallest absolute Gasteiger partial charge is 0.221 e. The van der Waals surface area contributed by atoms with Crippen LogP contribution in [0.2, 0.25) is 5.02 Å². The number of nitrogens with one attached hydrogen (secondary N) is 1. The van der Waals surface area contributed by atoms with Gasteiger partial charge in [-0.05, 0) is 42.8 Å². The molecule has 0 aliphatic carbocycles. The number of rotatable bonds is 8. The number of amides is 1. The van der Waals surface area contributed by atoms with Crippen LogP contribution in [0, 0.1) is 0 Å². The molecule has 1 fully saturated rings. The molecule has 3 rings (SSSR count). The molecule has 6 nitrogen and oxygen atoms in total. The van der Waals surface area contributed by atoms with E-state index < -0.39 is 6.10 Å². The number of carbonyl (C=O) groups excluding carboxylic acids is 1. The molecule has 2 aromatic carbocycles. The molecule has 0 saturated carbocycles. The minimum absolute atomic E-state index is 0.0924. The lowest BCUT2D eigenvalue weighted by Gasteiger charge is -2.21. The molecule has 2 aromatic rings. The molecule has 0 aromatic heterocycles. The van der Waals surface area contributed by atoms with Crippen LogP contribution in [0.25, 0.3) is 0 Å². The van der Waals surface area contributed by atoms with Crippen LogP contribution in [0.5, 0.6) is 11.5 Å². The van der Waals surface area contributed by atoms with Crippen LogP contribution in [0.1, 0.15) is 13.3 Å². The highest BCUT2D eigenvalue weighted by Gasteiger charge is 2.25. The number of ether oxygens (including phenoxy) is 2. The number of β-amino-alcohol motifs (C(OH)–C–C–N with tert-alkyl or cyclic N) is 1. The molecule has 0 unspecified atom stereocenters. The van der Waals surface area contributed by atoms with Gasteiger partial charge in [-0.1, -0.05) is 23.7 Å². The van der Waals surface area contributed by atoms with Gasteiger partial charge in [0.25, 0.3) is 0 Å². The lowest BCUT2D eigenvalue weighted by molar-refractivity contribution is -0.114. The second-order valence-corrected chi connectivity index (χ2v) is 7.32. The minimum atomic E-state index is -0.639. The largest absolute Gasteiger partial charge is 0.489 e. The van der Waals surface area contributed by atoms with Gasteiger partial charge in [-0.3, -0.25) is 9.69 Å². The summed E-state index contributed by atoms with van der Waals surface area (Å²) in [7, 11) is 0. The van der Waals surface area contributed by atoms with Gasteiger partial charge in [-0.25, -0.2) is 0 Å². The number of carbonyl (C=O) groups is 1. The molecule has 1 aliphatic rings. The summed E-state index contributed by atoms with van der Waals surface area (Å²) in [5.41, 5.74) is 0.597. The third-order valence-electron chi connectivity index (χ3n) is 4.44. The molecule has 1 amide bonds. The highest BCUT2D eigenvalue weighted by molar-refractivity contribution is 6.30. The van der Waals surface area contributed by atoms with Crippen LogP contribution in [0.15, 0.2) is 48.5 Å². The maximum Gasteiger partial charge on any atom is 0.221 e. The average molecular weight is 405 g/mol. The fourth-order valence-corrected chi connectivity index (χ4v) is 3.31. The maximum atomic E-state index is 11.3. The zero-order valence-corrected chi connectivity index (χ0v) is 16.6. The first-order valence-electron chi connectivity index (χ1n) is 9.31. The van der Waals surface area contributed by atoms with Crippen molar-refractivity contribution in [3.05, 3.63) is 53.6 Å². The van der Waals surface area contributed by atoms with Crippen molar-refractivity contribution in [1.29, 1.82) is 0 Å². The summed E-state index contributed by atoms with van der Waals surface area (Å²) in [6.45, 7) is 3.71. The quantitative estimate of drug-likeness (QED) is 0.707. The number of para-hydroxylation sites is 2. The molecule has 0 radical (unpaired) electrons. The number of aliphatic hydroxyl groups excluding tert-OH is 1. The molecule has 150 valence electrons. The summed E-state index contributed by atoms with van der Waals surface area (Å²) in [6.07, 6.45) is 0.358. The van der Waals surface area contributed by atoms with E-state index >= 15 is 0 Å². The molecule has 0 spiro atoms. The van der Waals surface area contributed by atoms with Crippen molar-refractivity contribution in [2.75, 3.05) is 31.6 Å². The van der Waals surface area contributed by atoms with E-state index in [0.717, 1.165) is 25.3 Å². The van der Waals surface area contributed by atoms with Gasteiger partial charge in [0, 0.05) is 31.6 Å². The first-order valence-corrected chi connectivity index (χ1v) is 9.69. The van der Waals surface area contributed by atoms with Gasteiger partial charge in [0.05, 0.1) is 5.69 Å². The molecular formula is C21H25ClN2O4. The third-order valence-corrected chi connectivity index (χ3v) is 4.70. The lowest BCUT2D eigenvalue weighted by Crippen LogP contribution is -2.35. The average Bonchev–Trinajstić information content (AvgIpc) is 3.09. The van der Waals surface area contributed by atoms with E-state index in [1.165, 1.54) is 6.92 Å². The molecule has 2 N–H and O–H groups in total. The Morgan fingerprint density at radius 2 is 2.04 bits per heavy atom. The van der Waals surface area contributed by atoms with Crippen LogP contribution in [-0.2, 0) is 4.79 Å². The third kappa shape index (κ3) is 6.12. The van der Waals surface area contributed by atoms with E-state index in [4.69, 9.17) is 21.1 Å². The number of halogens is 1. The molecule has 1 saturated heterocycles. The predicted molar refractivity (Wildman–Crippen MR) is 109 cm³/mol. The number of hydrogen-bond acceptors (Lipinski definition) is 5. The number of hydrogen-bond donors (Lipinski definition) is 2. The van der Waals surface area contributed by atoms with Crippen molar-refractivity contribution in [3.63, 3.8) is 0 Å². The Morgan fingerprint density at radius 1 is 1.29 bits per heavy atom. The maximum absolute atomic E-state index is 11.3. The van der Waals surface area contributed by atoms with Crippen LogP contribution < -0.4 is 14.8 Å². The topological polar surface area (TPSA) is 71.0 Å². The van der Waals surface area contributed by atoms with Crippen LogP contribution >= 0.6 is 11.6 Å². The van der Waals surface area contributed by atoms with E-state index in [2.05, 4.69) is 10.2 Å². The van der Waals surface area contributed by atoms with Gasteiger partial charge in [0.2, 0.25) is 5.91 Å². The first kappa shape index (κ1) is 20.5. The first-order chi connectivity index (χ1) is 13.5. The number of aliphatic hydroxyl groups is 1. The molecule has 7 heteroatoms. The molecule has 28 heavy (non-hydrogen) atoms. The van der Waals surface area contributed by atoms with E-state index in [9.17, 15) is 9.90 Å². The number of nitrogens with zero attached hydrogens (tertiary/aromatic N) is 1. The van der Waals surface area contributed by atoms with E-state index in [1.807, 2.05) is 36.4 Å². The second-order valence-electron chi connectivity index (χ2n) is 6.88. The SMILES string of the molecule is CC(=O)Nc1ccccc1OC[C@@H](O)CN1CC[C@@H](Oc2ccc(Cl)cc2)C1. The second kappa shape index (κ2) is 9.78. The van der Waals surface area contributed by atoms with Crippen LogP contribution in [-0.4, -0.2) is 54.4 Å². The van der Waals surface area contributed by atoms with E-state index in [0.29, 0.717) is 23.0 Å². The van der Waals surface area contributed by atoms with Gasteiger partial charge in [-0.2, -0.15) is 0 Å². The summed E-state index contributed by atoms with van der Waals surface area (Å²) in [5, 5.41) is 13.7. The number of likely N-dealkylation sites (tertiary alicyclic amines) is 1. The van der Waals surface area contributed by atoms with Crippen molar-refractivity contribution < 1.29 is 19.4 Å². The molecule has 1 aliphatic heterocycles. The Balaban J connectivity index is 1.44. The van der Waals surface area contributed by atoms with Gasteiger partial charge in [-0.15, -0.1) is 0 Å². The summed E-state index contributed by atoms with van der Waals surface area (Å²) >= 11 is 5.89. The van der Waals surface area contributed by atoms with Gasteiger partial charge in [0.1, 0.15) is 30.3 Å². The van der Waals surface area contributed by atoms with E-state index in [1.54, 1.807) is 12.1 Å². The molecule has 0 bridgehead atoms. The summed E-state index contributed by atoms with van der Waals surface area (Å²) in [4.78, 5) is 13.4. The highest BCUT2D eigenvalue weighted by atomic mass is 35.5. The zero-order valence-electron chi connectivity index (χ0n) is 15.8. The predicted octanol–water partition coefficient (Wildman–Crippen LogP) is 3.19. The van der Waals surface area contributed by atoms with Gasteiger partial charge >= 0.3 is 0 Å². The standard InChI is InChI=1S/C21H25ClN2O4/c1-15(25)23-20-4-2-3-5-21(20)27-14-17(26)12-24-11-10-19(13-24)28-18-8-6-16(22)7-9-18/h2-9,17,19,26H,10-14H2,1H3,(H,23,25)/t17-,19+/m0/s1. The summed E-state index contributed by atoms with van der Waals surface area (Å²) < 4.78 is 11.7. The Morgan fingerprint density at radius 3 is 2.79 bits per heavy atom. The monoisotopic (exact) mass is 404 g/mol. The van der Waals surface area contributed by atoms with E-state index in [-0.39, 0.29) is 18.6 Å². The normalized spacial score (nSPS) is 17.9. The fraction of sp³-hybridized carbons (Fsp3) is 0.381. The minimum Gasteiger partial charge on any atom is -0.489 e. The Labute approximate surface area is 170 Å². The zero-order chi connectivity index (χ0) is 19.9. The Bertz CT molecular complexity index is 784. The number of benzene rings is 2. The van der Waals surface area contributed by atoms with Crippen molar-refractivity contribution in [2.24, 2.45) is 0 Å².